The maximum Gasteiger partial charge on any atom is 0.251 e. The number of carbonyl (C=O) groups excluding carboxylic acids is 1. The molecule has 1 aliphatic rings. The molecule has 1 saturated carbocycles. The minimum absolute atomic E-state index is 0.0363. The predicted molar refractivity (Wildman–Crippen MR) is 70.2 cm³/mol. The van der Waals surface area contributed by atoms with E-state index in [1.165, 1.54) is 0 Å². The van der Waals surface area contributed by atoms with E-state index < -0.39 is 0 Å². The summed E-state index contributed by atoms with van der Waals surface area (Å²) in [7, 11) is 0. The summed E-state index contributed by atoms with van der Waals surface area (Å²) in [6.45, 7) is 0.734. The number of aliphatic hydroxyl groups is 1. The molecule has 17 heavy (non-hydrogen) atoms. The minimum Gasteiger partial charge on any atom is -0.396 e. The Balaban J connectivity index is 1.90. The third kappa shape index (κ3) is 3.07. The van der Waals surface area contributed by atoms with Gasteiger partial charge in [0.25, 0.3) is 5.91 Å². The number of halogens is 1. The molecule has 1 aromatic carbocycles. The van der Waals surface area contributed by atoms with Gasteiger partial charge in [-0.1, -0.05) is 28.1 Å². The van der Waals surface area contributed by atoms with Crippen molar-refractivity contribution in [1.82, 2.24) is 5.32 Å². The second kappa shape index (κ2) is 5.19. The fourth-order valence-electron chi connectivity index (χ4n) is 1.68. The number of aliphatic hydroxyl groups excluding tert-OH is 1. The zero-order valence-corrected chi connectivity index (χ0v) is 11.2. The van der Waals surface area contributed by atoms with Crippen molar-refractivity contribution in [3.8, 4) is 0 Å². The van der Waals surface area contributed by atoms with Crippen LogP contribution >= 0.6 is 15.9 Å². The van der Waals surface area contributed by atoms with E-state index in [0.29, 0.717) is 12.1 Å². The van der Waals surface area contributed by atoms with Gasteiger partial charge in [0.1, 0.15) is 0 Å². The Kier molecular flexibility index (Phi) is 3.84. The summed E-state index contributed by atoms with van der Waals surface area (Å²) < 4.78 is 0. The zero-order valence-electron chi connectivity index (χ0n) is 9.58. The van der Waals surface area contributed by atoms with Gasteiger partial charge >= 0.3 is 0 Å². The molecule has 0 aromatic heterocycles. The van der Waals surface area contributed by atoms with E-state index in [1.54, 1.807) is 0 Å². The lowest BCUT2D eigenvalue weighted by atomic mass is 10.1. The van der Waals surface area contributed by atoms with Crippen molar-refractivity contribution in [2.24, 2.45) is 5.41 Å². The van der Waals surface area contributed by atoms with Gasteiger partial charge in [-0.15, -0.1) is 0 Å². The Morgan fingerprint density at radius 2 is 2.00 bits per heavy atom. The highest BCUT2D eigenvalue weighted by Gasteiger charge is 2.42. The second-order valence-corrected chi connectivity index (χ2v) is 5.23. The number of rotatable bonds is 5. The summed E-state index contributed by atoms with van der Waals surface area (Å²) in [4.78, 5) is 11.8. The standard InChI is InChI=1S/C13H16BrNO2/c14-7-10-1-3-11(4-2-10)12(17)15-8-13(9-16)5-6-13/h1-4,16H,5-9H2,(H,15,17). The van der Waals surface area contributed by atoms with Crippen molar-refractivity contribution in [1.29, 1.82) is 0 Å². The fourth-order valence-corrected chi connectivity index (χ4v) is 2.06. The average molecular weight is 298 g/mol. The van der Waals surface area contributed by atoms with Gasteiger partial charge in [-0.3, -0.25) is 4.79 Å². The van der Waals surface area contributed by atoms with Crippen molar-refractivity contribution in [2.45, 2.75) is 18.2 Å². The summed E-state index contributed by atoms with van der Waals surface area (Å²) in [5, 5.41) is 12.8. The van der Waals surface area contributed by atoms with Crippen molar-refractivity contribution in [3.05, 3.63) is 35.4 Å². The first-order valence-electron chi connectivity index (χ1n) is 5.73. The van der Waals surface area contributed by atoms with Crippen molar-refractivity contribution < 1.29 is 9.90 Å². The van der Waals surface area contributed by atoms with Crippen LogP contribution in [0.25, 0.3) is 0 Å². The molecule has 4 heteroatoms. The molecule has 0 spiro atoms. The minimum atomic E-state index is -0.0640. The summed E-state index contributed by atoms with van der Waals surface area (Å²) in [5.74, 6) is -0.0640. The maximum atomic E-state index is 11.8. The number of hydrogen-bond donors (Lipinski definition) is 2. The van der Waals surface area contributed by atoms with E-state index in [4.69, 9.17) is 5.11 Å². The molecule has 0 saturated heterocycles. The Morgan fingerprint density at radius 1 is 1.35 bits per heavy atom. The van der Waals surface area contributed by atoms with Crippen molar-refractivity contribution in [2.75, 3.05) is 13.2 Å². The highest BCUT2D eigenvalue weighted by atomic mass is 79.9. The molecule has 0 heterocycles. The quantitative estimate of drug-likeness (QED) is 0.818. The number of amides is 1. The number of nitrogens with one attached hydrogen (secondary N) is 1. The maximum absolute atomic E-state index is 11.8. The monoisotopic (exact) mass is 297 g/mol. The molecule has 2 rings (SSSR count). The summed E-state index contributed by atoms with van der Waals surface area (Å²) in [6, 6.07) is 7.51. The van der Waals surface area contributed by atoms with Gasteiger partial charge in [0.2, 0.25) is 0 Å². The van der Waals surface area contributed by atoms with Crippen LogP contribution in [0.1, 0.15) is 28.8 Å². The SMILES string of the molecule is O=C(NCC1(CO)CC1)c1ccc(CBr)cc1. The third-order valence-corrected chi connectivity index (χ3v) is 3.93. The number of carbonyl (C=O) groups is 1. The van der Waals surface area contributed by atoms with Crippen LogP contribution in [-0.4, -0.2) is 24.2 Å². The lowest BCUT2D eigenvalue weighted by Crippen LogP contribution is -2.31. The first-order chi connectivity index (χ1) is 8.19. The van der Waals surface area contributed by atoms with Crippen molar-refractivity contribution >= 4 is 21.8 Å². The average Bonchev–Trinajstić information content (AvgIpc) is 3.17. The second-order valence-electron chi connectivity index (χ2n) is 4.67. The normalized spacial score (nSPS) is 16.6. The fraction of sp³-hybridized carbons (Fsp3) is 0.462. The summed E-state index contributed by atoms with van der Waals surface area (Å²) >= 11 is 3.37. The molecule has 0 atom stereocenters. The lowest BCUT2D eigenvalue weighted by molar-refractivity contribution is 0.0935. The number of benzene rings is 1. The molecule has 0 aliphatic heterocycles. The molecular weight excluding hydrogens is 282 g/mol. The van der Waals surface area contributed by atoms with Gasteiger partial charge in [0, 0.05) is 22.9 Å². The van der Waals surface area contributed by atoms with Gasteiger partial charge in [-0.25, -0.2) is 0 Å². The van der Waals surface area contributed by atoms with Gasteiger partial charge < -0.3 is 10.4 Å². The first kappa shape index (κ1) is 12.6. The Hall–Kier alpha value is -0.870. The molecule has 1 amide bonds. The van der Waals surface area contributed by atoms with E-state index in [0.717, 1.165) is 23.7 Å². The highest BCUT2D eigenvalue weighted by Crippen LogP contribution is 2.44. The topological polar surface area (TPSA) is 49.3 Å². The Labute approximate surface area is 109 Å². The third-order valence-electron chi connectivity index (χ3n) is 3.29. The highest BCUT2D eigenvalue weighted by molar-refractivity contribution is 9.08. The van der Waals surface area contributed by atoms with Crippen LogP contribution in [-0.2, 0) is 5.33 Å². The van der Waals surface area contributed by atoms with E-state index >= 15 is 0 Å². The van der Waals surface area contributed by atoms with Crippen LogP contribution in [0.15, 0.2) is 24.3 Å². The van der Waals surface area contributed by atoms with E-state index in [9.17, 15) is 4.79 Å². The van der Waals surface area contributed by atoms with E-state index in [-0.39, 0.29) is 17.9 Å². The van der Waals surface area contributed by atoms with E-state index in [2.05, 4.69) is 21.2 Å². The molecule has 1 aromatic rings. The van der Waals surface area contributed by atoms with Crippen LogP contribution in [0.5, 0.6) is 0 Å². The smallest absolute Gasteiger partial charge is 0.251 e. The molecule has 1 fully saturated rings. The molecular formula is C13H16BrNO2. The molecule has 1 aliphatic carbocycles. The lowest BCUT2D eigenvalue weighted by Gasteiger charge is -2.12. The molecule has 3 nitrogen and oxygen atoms in total. The van der Waals surface area contributed by atoms with Gasteiger partial charge in [0.05, 0.1) is 6.61 Å². The number of alkyl halides is 1. The van der Waals surface area contributed by atoms with Crippen LogP contribution in [0.3, 0.4) is 0 Å². The van der Waals surface area contributed by atoms with Crippen LogP contribution in [0.4, 0.5) is 0 Å². The van der Waals surface area contributed by atoms with Gasteiger partial charge in [-0.05, 0) is 30.5 Å². The predicted octanol–water partition coefficient (Wildman–Crippen LogP) is 2.08. The summed E-state index contributed by atoms with van der Waals surface area (Å²) in [6.07, 6.45) is 2.01. The molecule has 0 radical (unpaired) electrons. The van der Waals surface area contributed by atoms with Crippen LogP contribution in [0, 0.1) is 5.41 Å². The van der Waals surface area contributed by atoms with E-state index in [1.807, 2.05) is 24.3 Å². The largest absolute Gasteiger partial charge is 0.396 e. The number of hydrogen-bond acceptors (Lipinski definition) is 2. The Bertz CT molecular complexity index is 398. The zero-order chi connectivity index (χ0) is 12.3. The molecule has 0 bridgehead atoms. The first-order valence-corrected chi connectivity index (χ1v) is 6.85. The molecule has 92 valence electrons. The van der Waals surface area contributed by atoms with Gasteiger partial charge in [-0.2, -0.15) is 0 Å². The molecule has 0 unspecified atom stereocenters. The van der Waals surface area contributed by atoms with Gasteiger partial charge in [0.15, 0.2) is 0 Å². The summed E-state index contributed by atoms with van der Waals surface area (Å²) in [5.41, 5.74) is 1.78. The van der Waals surface area contributed by atoms with Crippen LogP contribution in [0.2, 0.25) is 0 Å². The molecule has 2 N–H and O–H groups in total. The Morgan fingerprint density at radius 3 is 2.47 bits per heavy atom. The van der Waals surface area contributed by atoms with Crippen molar-refractivity contribution in [3.63, 3.8) is 0 Å². The van der Waals surface area contributed by atoms with Crippen LogP contribution < -0.4 is 5.32 Å².